The first-order valence-electron chi connectivity index (χ1n) is 8.67. The van der Waals surface area contributed by atoms with E-state index < -0.39 is 11.7 Å². The third kappa shape index (κ3) is 5.64. The number of nitrogens with zero attached hydrogens (tertiary/aromatic N) is 1. The molecule has 0 bridgehead atoms. The third-order valence-corrected chi connectivity index (χ3v) is 4.36. The Morgan fingerprint density at radius 2 is 1.88 bits per heavy atom. The molecule has 2 rings (SSSR count). The van der Waals surface area contributed by atoms with E-state index in [1.807, 2.05) is 13.8 Å². The van der Waals surface area contributed by atoms with Crippen LogP contribution >= 0.6 is 0 Å². The van der Waals surface area contributed by atoms with Crippen LogP contribution in [0.5, 0.6) is 0 Å². The minimum absolute atomic E-state index is 0.0173. The number of likely N-dealkylation sites (tertiary alicyclic amines) is 1. The molecule has 0 spiro atoms. The second-order valence-electron chi connectivity index (χ2n) is 6.86. The maximum atomic E-state index is 12.6. The van der Waals surface area contributed by atoms with Crippen molar-refractivity contribution < 1.29 is 22.8 Å². The van der Waals surface area contributed by atoms with Crippen LogP contribution in [0.3, 0.4) is 0 Å². The minimum atomic E-state index is -4.40. The number of anilines is 1. The smallest absolute Gasteiger partial charge is 0.356 e. The van der Waals surface area contributed by atoms with Gasteiger partial charge in [-0.3, -0.25) is 4.79 Å². The number of nitrogens with one attached hydrogen (secondary N) is 2. The highest BCUT2D eigenvalue weighted by molar-refractivity contribution is 5.89. The van der Waals surface area contributed by atoms with Gasteiger partial charge >= 0.3 is 12.2 Å². The van der Waals surface area contributed by atoms with E-state index in [2.05, 4.69) is 10.6 Å². The highest BCUT2D eigenvalue weighted by atomic mass is 19.4. The Morgan fingerprint density at radius 3 is 2.46 bits per heavy atom. The van der Waals surface area contributed by atoms with E-state index in [9.17, 15) is 22.8 Å². The van der Waals surface area contributed by atoms with Crippen molar-refractivity contribution in [1.29, 1.82) is 0 Å². The Kier molecular flexibility index (Phi) is 6.50. The summed E-state index contributed by atoms with van der Waals surface area (Å²) in [5.41, 5.74) is -0.437. The molecule has 1 atom stereocenters. The van der Waals surface area contributed by atoms with Crippen LogP contribution in [0.1, 0.15) is 32.3 Å². The van der Waals surface area contributed by atoms with E-state index in [-0.39, 0.29) is 23.8 Å². The number of hydrogen-bond acceptors (Lipinski definition) is 2. The molecule has 2 N–H and O–H groups in total. The average molecular weight is 371 g/mol. The summed E-state index contributed by atoms with van der Waals surface area (Å²) in [5.74, 6) is 0.0683. The lowest BCUT2D eigenvalue weighted by Crippen LogP contribution is -2.45. The molecule has 0 saturated carbocycles. The molecule has 0 aliphatic carbocycles. The first-order valence-corrected chi connectivity index (χ1v) is 8.67. The Labute approximate surface area is 150 Å². The molecule has 1 fully saturated rings. The van der Waals surface area contributed by atoms with Gasteiger partial charge in [0.2, 0.25) is 5.91 Å². The summed E-state index contributed by atoms with van der Waals surface area (Å²) in [5, 5.41) is 5.50. The van der Waals surface area contributed by atoms with E-state index in [0.717, 1.165) is 25.0 Å². The van der Waals surface area contributed by atoms with E-state index in [1.54, 1.807) is 4.90 Å². The summed E-state index contributed by atoms with van der Waals surface area (Å²) in [6.45, 7) is 5.24. The summed E-state index contributed by atoms with van der Waals surface area (Å²) in [7, 11) is 0. The molecular formula is C18H24F3N3O2. The molecule has 1 aromatic rings. The van der Waals surface area contributed by atoms with Crippen LogP contribution in [0.25, 0.3) is 0 Å². The topological polar surface area (TPSA) is 61.4 Å². The van der Waals surface area contributed by atoms with Crippen molar-refractivity contribution in [2.45, 2.75) is 32.9 Å². The molecule has 3 amide bonds. The lowest BCUT2D eigenvalue weighted by Gasteiger charge is -2.33. The van der Waals surface area contributed by atoms with E-state index >= 15 is 0 Å². The highest BCUT2D eigenvalue weighted by Gasteiger charge is 2.30. The number of piperidine rings is 1. The fraction of sp³-hybridized carbons (Fsp3) is 0.556. The number of carbonyl (C=O) groups excluding carboxylic acids is 2. The van der Waals surface area contributed by atoms with Crippen LogP contribution in [0.2, 0.25) is 0 Å². The summed E-state index contributed by atoms with van der Waals surface area (Å²) < 4.78 is 37.7. The zero-order valence-electron chi connectivity index (χ0n) is 14.9. The molecule has 26 heavy (non-hydrogen) atoms. The minimum Gasteiger partial charge on any atom is -0.356 e. The van der Waals surface area contributed by atoms with Crippen molar-refractivity contribution in [3.63, 3.8) is 0 Å². The number of rotatable bonds is 4. The fourth-order valence-electron chi connectivity index (χ4n) is 2.81. The largest absolute Gasteiger partial charge is 0.416 e. The summed E-state index contributed by atoms with van der Waals surface area (Å²) in [6.07, 6.45) is -2.66. The summed E-state index contributed by atoms with van der Waals surface area (Å²) >= 11 is 0. The third-order valence-electron chi connectivity index (χ3n) is 4.36. The Morgan fingerprint density at radius 1 is 1.23 bits per heavy atom. The van der Waals surface area contributed by atoms with Crippen molar-refractivity contribution >= 4 is 17.6 Å². The maximum Gasteiger partial charge on any atom is 0.416 e. The standard InChI is InChI=1S/C18H24F3N3O2/c1-12(2)16(25)22-10-13-4-3-9-24(11-13)17(26)23-15-7-5-14(6-8-15)18(19,20)21/h5-8,12-13H,3-4,9-11H2,1-2H3,(H,22,25)(H,23,26)/t13-/m0/s1. The number of hydrogen-bond donors (Lipinski definition) is 2. The van der Waals surface area contributed by atoms with Gasteiger partial charge in [0.1, 0.15) is 0 Å². The second kappa shape index (κ2) is 8.42. The molecule has 1 aliphatic heterocycles. The number of carbonyl (C=O) groups is 2. The van der Waals surface area contributed by atoms with E-state index in [1.165, 1.54) is 12.1 Å². The van der Waals surface area contributed by atoms with Gasteiger partial charge in [0.15, 0.2) is 0 Å². The molecule has 5 nitrogen and oxygen atoms in total. The molecule has 0 radical (unpaired) electrons. The highest BCUT2D eigenvalue weighted by Crippen LogP contribution is 2.30. The molecule has 1 heterocycles. The number of benzene rings is 1. The zero-order chi connectivity index (χ0) is 19.3. The first-order chi connectivity index (χ1) is 12.2. The monoisotopic (exact) mass is 371 g/mol. The lowest BCUT2D eigenvalue weighted by molar-refractivity contribution is -0.137. The fourth-order valence-corrected chi connectivity index (χ4v) is 2.81. The second-order valence-corrected chi connectivity index (χ2v) is 6.86. The molecule has 144 valence electrons. The summed E-state index contributed by atoms with van der Waals surface area (Å²) in [4.78, 5) is 25.6. The molecule has 8 heteroatoms. The molecule has 1 saturated heterocycles. The van der Waals surface area contributed by atoms with Crippen molar-refractivity contribution in [3.8, 4) is 0 Å². The zero-order valence-corrected chi connectivity index (χ0v) is 14.9. The number of urea groups is 1. The van der Waals surface area contributed by atoms with Gasteiger partial charge in [0, 0.05) is 31.2 Å². The van der Waals surface area contributed by atoms with Gasteiger partial charge in [-0.1, -0.05) is 13.8 Å². The van der Waals surface area contributed by atoms with Gasteiger partial charge in [-0.15, -0.1) is 0 Å². The Hall–Kier alpha value is -2.25. The molecule has 1 aliphatic rings. The molecule has 0 aromatic heterocycles. The lowest BCUT2D eigenvalue weighted by atomic mass is 9.98. The van der Waals surface area contributed by atoms with Crippen LogP contribution in [0.15, 0.2) is 24.3 Å². The van der Waals surface area contributed by atoms with E-state index in [4.69, 9.17) is 0 Å². The number of halogens is 3. The van der Waals surface area contributed by atoms with Gasteiger partial charge in [-0.25, -0.2) is 4.79 Å². The molecular weight excluding hydrogens is 347 g/mol. The number of amides is 3. The van der Waals surface area contributed by atoms with Crippen LogP contribution in [-0.2, 0) is 11.0 Å². The maximum absolute atomic E-state index is 12.6. The Balaban J connectivity index is 1.87. The predicted molar refractivity (Wildman–Crippen MR) is 92.6 cm³/mol. The van der Waals surface area contributed by atoms with Gasteiger partial charge < -0.3 is 15.5 Å². The van der Waals surface area contributed by atoms with Gasteiger partial charge in [-0.05, 0) is 43.0 Å². The van der Waals surface area contributed by atoms with Gasteiger partial charge in [0.05, 0.1) is 5.56 Å². The van der Waals surface area contributed by atoms with E-state index in [0.29, 0.717) is 25.3 Å². The van der Waals surface area contributed by atoms with Crippen molar-refractivity contribution in [2.24, 2.45) is 11.8 Å². The quantitative estimate of drug-likeness (QED) is 0.847. The molecule has 0 unspecified atom stereocenters. The van der Waals surface area contributed by atoms with Crippen LogP contribution < -0.4 is 10.6 Å². The Bertz CT molecular complexity index is 630. The predicted octanol–water partition coefficient (Wildman–Crippen LogP) is 3.72. The molecule has 1 aromatic carbocycles. The van der Waals surface area contributed by atoms with Crippen LogP contribution in [0, 0.1) is 11.8 Å². The van der Waals surface area contributed by atoms with Gasteiger partial charge in [-0.2, -0.15) is 13.2 Å². The number of alkyl halides is 3. The van der Waals surface area contributed by atoms with Gasteiger partial charge in [0.25, 0.3) is 0 Å². The first kappa shape index (κ1) is 20.1. The van der Waals surface area contributed by atoms with Crippen molar-refractivity contribution in [2.75, 3.05) is 25.0 Å². The van der Waals surface area contributed by atoms with Crippen LogP contribution in [0.4, 0.5) is 23.7 Å². The average Bonchev–Trinajstić information content (AvgIpc) is 2.59. The van der Waals surface area contributed by atoms with Crippen molar-refractivity contribution in [3.05, 3.63) is 29.8 Å². The normalized spacial score (nSPS) is 17.9. The van der Waals surface area contributed by atoms with Crippen molar-refractivity contribution in [1.82, 2.24) is 10.2 Å². The van der Waals surface area contributed by atoms with Crippen LogP contribution in [-0.4, -0.2) is 36.5 Å². The SMILES string of the molecule is CC(C)C(=O)NC[C@@H]1CCCN(C(=O)Nc2ccc(C(F)(F)F)cc2)C1. The summed E-state index contributed by atoms with van der Waals surface area (Å²) in [6, 6.07) is 4.02.